The molecule has 0 aromatic heterocycles. The Bertz CT molecular complexity index is 560. The van der Waals surface area contributed by atoms with E-state index in [1.807, 2.05) is 45.9 Å². The van der Waals surface area contributed by atoms with Gasteiger partial charge in [-0.2, -0.15) is 0 Å². The number of aryl methyl sites for hydroxylation is 1. The van der Waals surface area contributed by atoms with Crippen molar-refractivity contribution in [2.45, 2.75) is 72.0 Å². The third-order valence-corrected chi connectivity index (χ3v) is 4.71. The lowest BCUT2D eigenvalue weighted by molar-refractivity contribution is -0.146. The van der Waals surface area contributed by atoms with Gasteiger partial charge in [-0.1, -0.05) is 6.92 Å². The number of anilines is 1. The third-order valence-electron chi connectivity index (χ3n) is 4.71. The molecule has 0 aliphatic heterocycles. The van der Waals surface area contributed by atoms with Gasteiger partial charge in [0, 0.05) is 12.3 Å². The second-order valence-corrected chi connectivity index (χ2v) is 7.21. The maximum Gasteiger partial charge on any atom is 0.256 e. The molecule has 4 nitrogen and oxygen atoms in total. The molecule has 0 saturated heterocycles. The van der Waals surface area contributed by atoms with Crippen molar-refractivity contribution in [2.75, 3.05) is 11.9 Å². The summed E-state index contributed by atoms with van der Waals surface area (Å²) in [6, 6.07) is 5.77. The van der Waals surface area contributed by atoms with Crippen molar-refractivity contribution < 1.29 is 14.3 Å². The quantitative estimate of drug-likeness (QED) is 0.820. The van der Waals surface area contributed by atoms with Gasteiger partial charge in [0.1, 0.15) is 11.4 Å². The van der Waals surface area contributed by atoms with Gasteiger partial charge in [0.05, 0.1) is 6.10 Å². The molecule has 0 atom stereocenters. The van der Waals surface area contributed by atoms with Crippen LogP contribution in [0.3, 0.4) is 0 Å². The van der Waals surface area contributed by atoms with Crippen LogP contribution in [0.2, 0.25) is 0 Å². The van der Waals surface area contributed by atoms with Gasteiger partial charge in [0.2, 0.25) is 0 Å². The Hall–Kier alpha value is -1.55. The number of nitrogens with one attached hydrogen (secondary N) is 1. The summed E-state index contributed by atoms with van der Waals surface area (Å²) < 4.78 is 11.7. The highest BCUT2D eigenvalue weighted by atomic mass is 16.5. The summed E-state index contributed by atoms with van der Waals surface area (Å²) in [7, 11) is 0. The maximum atomic E-state index is 12.9. The van der Waals surface area contributed by atoms with Crippen LogP contribution in [0.25, 0.3) is 0 Å². The van der Waals surface area contributed by atoms with Gasteiger partial charge in [0.25, 0.3) is 5.91 Å². The van der Waals surface area contributed by atoms with Crippen molar-refractivity contribution in [2.24, 2.45) is 5.92 Å². The molecule has 1 aliphatic rings. The van der Waals surface area contributed by atoms with Crippen molar-refractivity contribution in [3.05, 3.63) is 23.8 Å². The van der Waals surface area contributed by atoms with E-state index >= 15 is 0 Å². The Morgan fingerprint density at radius 1 is 1.33 bits per heavy atom. The first-order chi connectivity index (χ1) is 11.4. The number of hydrogen-bond donors (Lipinski definition) is 1. The summed E-state index contributed by atoms with van der Waals surface area (Å²) in [4.78, 5) is 12.9. The van der Waals surface area contributed by atoms with E-state index in [0.717, 1.165) is 42.7 Å². The van der Waals surface area contributed by atoms with Gasteiger partial charge in [0.15, 0.2) is 0 Å². The number of benzene rings is 1. The highest BCUT2D eigenvalue weighted by Crippen LogP contribution is 2.36. The minimum Gasteiger partial charge on any atom is -0.491 e. The Morgan fingerprint density at radius 2 is 2.00 bits per heavy atom. The molecule has 0 heterocycles. The van der Waals surface area contributed by atoms with Crippen LogP contribution < -0.4 is 10.1 Å². The van der Waals surface area contributed by atoms with E-state index in [2.05, 4.69) is 12.2 Å². The average Bonchev–Trinajstić information content (AvgIpc) is 2.52. The number of carbonyl (C=O) groups is 1. The van der Waals surface area contributed by atoms with E-state index in [4.69, 9.17) is 9.47 Å². The van der Waals surface area contributed by atoms with E-state index in [-0.39, 0.29) is 12.0 Å². The molecule has 1 aromatic carbocycles. The molecule has 0 radical (unpaired) electrons. The normalized spacial score (nSPS) is 24.0. The maximum absolute atomic E-state index is 12.9. The fraction of sp³-hybridized carbons (Fsp3) is 0.650. The lowest BCUT2D eigenvalue weighted by Crippen LogP contribution is -2.48. The van der Waals surface area contributed by atoms with Gasteiger partial charge in [-0.05, 0) is 83.1 Å². The van der Waals surface area contributed by atoms with Crippen molar-refractivity contribution in [3.8, 4) is 5.75 Å². The van der Waals surface area contributed by atoms with Crippen molar-refractivity contribution in [1.29, 1.82) is 0 Å². The minimum atomic E-state index is -0.678. The van der Waals surface area contributed by atoms with Crippen molar-refractivity contribution in [1.82, 2.24) is 0 Å². The molecule has 1 saturated carbocycles. The third kappa shape index (κ3) is 4.50. The van der Waals surface area contributed by atoms with Crippen molar-refractivity contribution >= 4 is 11.6 Å². The first kappa shape index (κ1) is 18.8. The fourth-order valence-electron chi connectivity index (χ4n) is 3.30. The summed E-state index contributed by atoms with van der Waals surface area (Å²) in [6.45, 7) is 10.8. The molecule has 0 spiro atoms. The molecule has 2 rings (SSSR count). The molecule has 1 N–H and O–H groups in total. The summed E-state index contributed by atoms with van der Waals surface area (Å²) >= 11 is 0. The zero-order chi connectivity index (χ0) is 17.7. The van der Waals surface area contributed by atoms with Crippen LogP contribution in [-0.2, 0) is 9.53 Å². The molecule has 0 unspecified atom stereocenters. The Balaban J connectivity index is 2.11. The number of rotatable bonds is 6. The van der Waals surface area contributed by atoms with Gasteiger partial charge in [-0.25, -0.2) is 0 Å². The van der Waals surface area contributed by atoms with Crippen LogP contribution in [0.5, 0.6) is 5.75 Å². The molecule has 1 fully saturated rings. The van der Waals surface area contributed by atoms with Gasteiger partial charge < -0.3 is 14.8 Å². The van der Waals surface area contributed by atoms with Crippen LogP contribution in [0.1, 0.15) is 58.9 Å². The predicted octanol–water partition coefficient (Wildman–Crippen LogP) is 4.71. The number of hydrogen-bond acceptors (Lipinski definition) is 3. The number of ether oxygens (including phenoxy) is 2. The van der Waals surface area contributed by atoms with E-state index in [1.54, 1.807) is 0 Å². The van der Waals surface area contributed by atoms with E-state index in [1.165, 1.54) is 0 Å². The summed E-state index contributed by atoms with van der Waals surface area (Å²) in [6.07, 6.45) is 3.79. The molecule has 1 amide bonds. The predicted molar refractivity (Wildman–Crippen MR) is 97.6 cm³/mol. The van der Waals surface area contributed by atoms with E-state index in [0.29, 0.717) is 12.5 Å². The molecule has 1 aliphatic carbocycles. The Morgan fingerprint density at radius 3 is 2.54 bits per heavy atom. The molecule has 134 valence electrons. The molecule has 4 heteroatoms. The van der Waals surface area contributed by atoms with E-state index < -0.39 is 5.60 Å². The van der Waals surface area contributed by atoms with E-state index in [9.17, 15) is 4.79 Å². The number of amides is 1. The molecule has 1 aromatic rings. The SMILES string of the molecule is CCOC1(C(=O)Nc2ccc(OC(C)C)c(C)c2)CCC(C)CC1. The Labute approximate surface area is 145 Å². The lowest BCUT2D eigenvalue weighted by atomic mass is 9.78. The highest BCUT2D eigenvalue weighted by molar-refractivity contribution is 5.97. The second-order valence-electron chi connectivity index (χ2n) is 7.21. The lowest BCUT2D eigenvalue weighted by Gasteiger charge is -2.37. The monoisotopic (exact) mass is 333 g/mol. The number of carbonyl (C=O) groups excluding carboxylic acids is 1. The van der Waals surface area contributed by atoms with Crippen LogP contribution in [0.4, 0.5) is 5.69 Å². The zero-order valence-corrected chi connectivity index (χ0v) is 15.6. The minimum absolute atomic E-state index is 0.0202. The Kier molecular flexibility index (Phi) is 6.27. The summed E-state index contributed by atoms with van der Waals surface area (Å²) in [5.41, 5.74) is 1.14. The second kappa shape index (κ2) is 8.02. The van der Waals surface area contributed by atoms with Gasteiger partial charge >= 0.3 is 0 Å². The smallest absolute Gasteiger partial charge is 0.256 e. The van der Waals surface area contributed by atoms with Crippen LogP contribution in [0.15, 0.2) is 18.2 Å². The zero-order valence-electron chi connectivity index (χ0n) is 15.6. The standard InChI is InChI=1S/C20H31NO3/c1-6-23-20(11-9-15(4)10-12-20)19(22)21-17-7-8-18(16(5)13-17)24-14(2)3/h7-8,13-15H,6,9-12H2,1-5H3,(H,21,22). The molecular weight excluding hydrogens is 302 g/mol. The first-order valence-corrected chi connectivity index (χ1v) is 9.09. The fourth-order valence-corrected chi connectivity index (χ4v) is 3.30. The summed E-state index contributed by atoms with van der Waals surface area (Å²) in [5.74, 6) is 1.50. The van der Waals surface area contributed by atoms with Gasteiger partial charge in [-0.3, -0.25) is 4.79 Å². The largest absolute Gasteiger partial charge is 0.491 e. The molecule has 24 heavy (non-hydrogen) atoms. The average molecular weight is 333 g/mol. The molecule has 0 bridgehead atoms. The van der Waals surface area contributed by atoms with Crippen LogP contribution in [-0.4, -0.2) is 24.2 Å². The van der Waals surface area contributed by atoms with Crippen LogP contribution in [0, 0.1) is 12.8 Å². The topological polar surface area (TPSA) is 47.6 Å². The van der Waals surface area contributed by atoms with Crippen LogP contribution >= 0.6 is 0 Å². The van der Waals surface area contributed by atoms with Gasteiger partial charge in [-0.15, -0.1) is 0 Å². The molecular formula is C20H31NO3. The summed E-state index contributed by atoms with van der Waals surface area (Å²) in [5, 5.41) is 3.05. The highest BCUT2D eigenvalue weighted by Gasteiger charge is 2.41. The first-order valence-electron chi connectivity index (χ1n) is 9.09. The van der Waals surface area contributed by atoms with Crippen molar-refractivity contribution in [3.63, 3.8) is 0 Å².